The van der Waals surface area contributed by atoms with Gasteiger partial charge in [-0.05, 0) is 42.5 Å². The summed E-state index contributed by atoms with van der Waals surface area (Å²) < 4.78 is 56.2. The van der Waals surface area contributed by atoms with Gasteiger partial charge in [0.05, 0.1) is 22.7 Å². The Kier molecular flexibility index (Phi) is 7.38. The van der Waals surface area contributed by atoms with E-state index in [1.807, 2.05) is 0 Å². The lowest BCUT2D eigenvalue weighted by molar-refractivity contribution is -0.137. The molecule has 0 atom stereocenters. The van der Waals surface area contributed by atoms with E-state index in [2.05, 4.69) is 5.32 Å². The number of nitrogens with one attached hydrogen (secondary N) is 1. The smallest absolute Gasteiger partial charge is 0.417 e. The van der Waals surface area contributed by atoms with Crippen molar-refractivity contribution in [1.29, 1.82) is 0 Å². The SMILES string of the molecule is CN(CC(=O)Nc1ccc(Cl)c(C(F)(F)F)c1)C(=O)COC(=O)c1ccc(F)cc1. The zero-order chi connectivity index (χ0) is 22.5. The number of likely N-dealkylation sites (N-methyl/N-ethyl adjacent to an activating group) is 1. The molecule has 0 saturated carbocycles. The fourth-order valence-corrected chi connectivity index (χ4v) is 2.46. The Bertz CT molecular complexity index is 949. The molecule has 2 amide bonds. The summed E-state index contributed by atoms with van der Waals surface area (Å²) in [4.78, 5) is 36.7. The third-order valence-corrected chi connectivity index (χ3v) is 4.10. The molecular formula is C19H15ClF4N2O4. The van der Waals surface area contributed by atoms with E-state index < -0.39 is 53.5 Å². The number of nitrogens with zero attached hydrogens (tertiary/aromatic N) is 1. The molecule has 0 aromatic heterocycles. The highest BCUT2D eigenvalue weighted by Gasteiger charge is 2.33. The van der Waals surface area contributed by atoms with Gasteiger partial charge in [0.15, 0.2) is 6.61 Å². The third-order valence-electron chi connectivity index (χ3n) is 3.77. The molecule has 0 aliphatic carbocycles. The zero-order valence-electron chi connectivity index (χ0n) is 15.4. The van der Waals surface area contributed by atoms with E-state index in [-0.39, 0.29) is 11.3 Å². The van der Waals surface area contributed by atoms with Crippen LogP contribution in [0.4, 0.5) is 23.2 Å². The number of hydrogen-bond donors (Lipinski definition) is 1. The van der Waals surface area contributed by atoms with E-state index >= 15 is 0 Å². The first-order chi connectivity index (χ1) is 14.0. The van der Waals surface area contributed by atoms with Gasteiger partial charge in [0.2, 0.25) is 5.91 Å². The average molecular weight is 447 g/mol. The number of rotatable bonds is 6. The molecule has 11 heteroatoms. The van der Waals surface area contributed by atoms with Gasteiger partial charge in [-0.15, -0.1) is 0 Å². The molecule has 0 unspecified atom stereocenters. The van der Waals surface area contributed by atoms with Crippen molar-refractivity contribution in [3.63, 3.8) is 0 Å². The topological polar surface area (TPSA) is 75.7 Å². The Labute approximate surface area is 173 Å². The minimum Gasteiger partial charge on any atom is -0.452 e. The van der Waals surface area contributed by atoms with Crippen LogP contribution in [0.25, 0.3) is 0 Å². The van der Waals surface area contributed by atoms with Crippen LogP contribution >= 0.6 is 11.6 Å². The molecule has 0 aliphatic rings. The van der Waals surface area contributed by atoms with Crippen LogP contribution in [-0.2, 0) is 20.5 Å². The van der Waals surface area contributed by atoms with Crippen molar-refractivity contribution in [1.82, 2.24) is 4.90 Å². The predicted molar refractivity (Wildman–Crippen MR) is 99.4 cm³/mol. The summed E-state index contributed by atoms with van der Waals surface area (Å²) in [6.45, 7) is -1.18. The molecule has 6 nitrogen and oxygen atoms in total. The molecule has 30 heavy (non-hydrogen) atoms. The van der Waals surface area contributed by atoms with E-state index in [9.17, 15) is 31.9 Å². The second-order valence-corrected chi connectivity index (χ2v) is 6.48. The highest BCUT2D eigenvalue weighted by molar-refractivity contribution is 6.31. The molecule has 0 heterocycles. The summed E-state index contributed by atoms with van der Waals surface area (Å²) in [7, 11) is 1.25. The van der Waals surface area contributed by atoms with Gasteiger partial charge in [0.1, 0.15) is 5.82 Å². The average Bonchev–Trinajstić information content (AvgIpc) is 2.66. The van der Waals surface area contributed by atoms with E-state index in [0.29, 0.717) is 6.07 Å². The molecule has 2 aromatic rings. The Morgan fingerprint density at radius 2 is 1.73 bits per heavy atom. The van der Waals surface area contributed by atoms with Crippen LogP contribution in [0.5, 0.6) is 0 Å². The van der Waals surface area contributed by atoms with Crippen LogP contribution in [-0.4, -0.2) is 42.9 Å². The van der Waals surface area contributed by atoms with Crippen LogP contribution in [0.3, 0.4) is 0 Å². The van der Waals surface area contributed by atoms with Gasteiger partial charge < -0.3 is 15.0 Å². The number of carbonyl (C=O) groups excluding carboxylic acids is 3. The summed E-state index contributed by atoms with van der Waals surface area (Å²) in [5.41, 5.74) is -1.23. The largest absolute Gasteiger partial charge is 0.452 e. The number of hydrogen-bond acceptors (Lipinski definition) is 4. The number of alkyl halides is 3. The lowest BCUT2D eigenvalue weighted by Crippen LogP contribution is -2.37. The molecule has 0 fully saturated rings. The standard InChI is InChI=1S/C19H15ClF4N2O4/c1-26(17(28)10-30-18(29)11-2-4-12(21)5-3-11)9-16(27)25-13-6-7-15(20)14(8-13)19(22,23)24/h2-8H,9-10H2,1H3,(H,25,27). The van der Waals surface area contributed by atoms with Crippen molar-refractivity contribution in [2.24, 2.45) is 0 Å². The summed E-state index contributed by atoms with van der Waals surface area (Å²) in [5.74, 6) is -2.91. The highest BCUT2D eigenvalue weighted by atomic mass is 35.5. The van der Waals surface area contributed by atoms with Crippen molar-refractivity contribution in [3.8, 4) is 0 Å². The monoisotopic (exact) mass is 446 g/mol. The van der Waals surface area contributed by atoms with E-state index in [1.165, 1.54) is 25.2 Å². The van der Waals surface area contributed by atoms with Gasteiger partial charge in [-0.2, -0.15) is 13.2 Å². The first kappa shape index (κ1) is 23.1. The molecule has 0 spiro atoms. The van der Waals surface area contributed by atoms with Crippen LogP contribution in [0.2, 0.25) is 5.02 Å². The number of amides is 2. The Hall–Kier alpha value is -3.14. The number of halogens is 5. The van der Waals surface area contributed by atoms with Gasteiger partial charge >= 0.3 is 12.1 Å². The van der Waals surface area contributed by atoms with Gasteiger partial charge in [-0.1, -0.05) is 11.6 Å². The Balaban J connectivity index is 1.88. The quantitative estimate of drug-likeness (QED) is 0.541. The van der Waals surface area contributed by atoms with Gasteiger partial charge in [0, 0.05) is 12.7 Å². The summed E-state index contributed by atoms with van der Waals surface area (Å²) in [6, 6.07) is 7.31. The summed E-state index contributed by atoms with van der Waals surface area (Å²) >= 11 is 5.51. The van der Waals surface area contributed by atoms with Gasteiger partial charge in [-0.3, -0.25) is 9.59 Å². The molecule has 1 N–H and O–H groups in total. The van der Waals surface area contributed by atoms with Crippen LogP contribution < -0.4 is 5.32 Å². The minimum atomic E-state index is -4.70. The maximum absolute atomic E-state index is 12.9. The van der Waals surface area contributed by atoms with Crippen molar-refractivity contribution in [2.45, 2.75) is 6.18 Å². The maximum Gasteiger partial charge on any atom is 0.417 e. The van der Waals surface area contributed by atoms with Crippen molar-refractivity contribution in [2.75, 3.05) is 25.5 Å². The fourth-order valence-electron chi connectivity index (χ4n) is 2.23. The van der Waals surface area contributed by atoms with E-state index in [1.54, 1.807) is 0 Å². The molecule has 0 radical (unpaired) electrons. The number of anilines is 1. The molecule has 0 aliphatic heterocycles. The summed E-state index contributed by atoms with van der Waals surface area (Å²) in [6.07, 6.45) is -4.70. The van der Waals surface area contributed by atoms with Crippen molar-refractivity contribution in [3.05, 3.63) is 64.4 Å². The van der Waals surface area contributed by atoms with Gasteiger partial charge in [-0.25, -0.2) is 9.18 Å². The molecule has 0 saturated heterocycles. The fraction of sp³-hybridized carbons (Fsp3) is 0.211. The van der Waals surface area contributed by atoms with Crippen LogP contribution in [0.1, 0.15) is 15.9 Å². The zero-order valence-corrected chi connectivity index (χ0v) is 16.2. The minimum absolute atomic E-state index is 0.0350. The molecule has 2 aromatic carbocycles. The molecule has 2 rings (SSSR count). The molecule has 160 valence electrons. The Morgan fingerprint density at radius 3 is 2.33 bits per heavy atom. The van der Waals surface area contributed by atoms with Crippen molar-refractivity contribution >= 4 is 35.1 Å². The number of benzene rings is 2. The first-order valence-electron chi connectivity index (χ1n) is 8.30. The molecular weight excluding hydrogens is 432 g/mol. The molecule has 0 bridgehead atoms. The van der Waals surface area contributed by atoms with Gasteiger partial charge in [0.25, 0.3) is 5.91 Å². The van der Waals surface area contributed by atoms with Crippen LogP contribution in [0.15, 0.2) is 42.5 Å². The van der Waals surface area contributed by atoms with E-state index in [0.717, 1.165) is 23.1 Å². The summed E-state index contributed by atoms with van der Waals surface area (Å²) in [5, 5.41) is 1.71. The van der Waals surface area contributed by atoms with Crippen LogP contribution in [0, 0.1) is 5.82 Å². The normalized spacial score (nSPS) is 11.0. The second kappa shape index (κ2) is 9.57. The number of ether oxygens (including phenoxy) is 1. The highest BCUT2D eigenvalue weighted by Crippen LogP contribution is 2.36. The number of esters is 1. The third kappa shape index (κ3) is 6.45. The predicted octanol–water partition coefficient (Wildman–Crippen LogP) is 3.75. The van der Waals surface area contributed by atoms with Crippen molar-refractivity contribution < 1.29 is 36.7 Å². The maximum atomic E-state index is 12.9. The lowest BCUT2D eigenvalue weighted by atomic mass is 10.2. The van der Waals surface area contributed by atoms with E-state index in [4.69, 9.17) is 16.3 Å². The Morgan fingerprint density at radius 1 is 1.10 bits per heavy atom. The second-order valence-electron chi connectivity index (χ2n) is 6.07. The number of carbonyl (C=O) groups is 3. The lowest BCUT2D eigenvalue weighted by Gasteiger charge is -2.17. The first-order valence-corrected chi connectivity index (χ1v) is 8.68.